The fraction of sp³-hybridized carbons (Fsp3) is 0.304. The van der Waals surface area contributed by atoms with Gasteiger partial charge in [-0.2, -0.15) is 0 Å². The first-order valence-electron chi connectivity index (χ1n) is 10.2. The molecule has 0 aliphatic carbocycles. The van der Waals surface area contributed by atoms with Crippen molar-refractivity contribution in [3.63, 3.8) is 0 Å². The normalized spacial score (nSPS) is 22.3. The average Bonchev–Trinajstić information content (AvgIpc) is 3.33. The van der Waals surface area contributed by atoms with E-state index in [1.807, 2.05) is 37.3 Å². The number of benzene rings is 1. The number of nitrogens with one attached hydrogen (secondary N) is 1. The molecule has 1 amide bonds. The first-order chi connectivity index (χ1) is 14.6. The number of hydrogen-bond acceptors (Lipinski definition) is 5. The van der Waals surface area contributed by atoms with E-state index in [0.717, 1.165) is 40.7 Å². The summed E-state index contributed by atoms with van der Waals surface area (Å²) in [6.07, 6.45) is 8.22. The Labute approximate surface area is 183 Å². The van der Waals surface area contributed by atoms with Crippen molar-refractivity contribution in [2.45, 2.75) is 44.3 Å². The predicted molar refractivity (Wildman–Crippen MR) is 119 cm³/mol. The third kappa shape index (κ3) is 3.37. The molecule has 1 N–H and O–H groups in total. The molecule has 7 heteroatoms. The highest BCUT2D eigenvalue weighted by Crippen LogP contribution is 2.41. The molecule has 0 unspecified atom stereocenters. The second kappa shape index (κ2) is 7.80. The van der Waals surface area contributed by atoms with Gasteiger partial charge < -0.3 is 10.2 Å². The third-order valence-corrected chi connectivity index (χ3v) is 6.59. The number of halogens is 1. The molecule has 30 heavy (non-hydrogen) atoms. The van der Waals surface area contributed by atoms with Gasteiger partial charge in [-0.1, -0.05) is 12.1 Å². The molecule has 2 aliphatic heterocycles. The summed E-state index contributed by atoms with van der Waals surface area (Å²) in [6, 6.07) is 12.2. The summed E-state index contributed by atoms with van der Waals surface area (Å²) in [6.45, 7) is 2.00. The fourth-order valence-corrected chi connectivity index (χ4v) is 5.06. The highest BCUT2D eigenvalue weighted by molar-refractivity contribution is 9.10. The van der Waals surface area contributed by atoms with Gasteiger partial charge in [-0.15, -0.1) is 0 Å². The summed E-state index contributed by atoms with van der Waals surface area (Å²) < 4.78 is 0.952. The van der Waals surface area contributed by atoms with Crippen LogP contribution in [0, 0.1) is 6.92 Å². The molecule has 152 valence electrons. The molecule has 2 saturated heterocycles. The van der Waals surface area contributed by atoms with Gasteiger partial charge in [-0.05, 0) is 71.9 Å². The summed E-state index contributed by atoms with van der Waals surface area (Å²) in [4.78, 5) is 29.0. The van der Waals surface area contributed by atoms with Crippen LogP contribution in [0.15, 0.2) is 59.5 Å². The number of hydrogen-bond donors (Lipinski definition) is 1. The molecule has 2 aliphatic rings. The van der Waals surface area contributed by atoms with E-state index in [0.29, 0.717) is 11.4 Å². The largest absolute Gasteiger partial charge is 0.365 e. The third-order valence-electron chi connectivity index (χ3n) is 6.12. The molecule has 0 saturated carbocycles. The van der Waals surface area contributed by atoms with Gasteiger partial charge in [0.2, 0.25) is 0 Å². The second-order valence-electron chi connectivity index (χ2n) is 7.93. The van der Waals surface area contributed by atoms with Crippen LogP contribution in [0.1, 0.15) is 35.2 Å². The Kier molecular flexibility index (Phi) is 4.98. The van der Waals surface area contributed by atoms with E-state index in [1.165, 1.54) is 0 Å². The fourth-order valence-electron chi connectivity index (χ4n) is 4.82. The van der Waals surface area contributed by atoms with Crippen LogP contribution in [0.25, 0.3) is 11.4 Å². The first kappa shape index (κ1) is 19.2. The number of carbonyl (C=O) groups is 1. The minimum absolute atomic E-state index is 0.0710. The number of amides is 1. The van der Waals surface area contributed by atoms with Crippen LogP contribution in [0.4, 0.5) is 5.82 Å². The van der Waals surface area contributed by atoms with E-state index in [1.54, 1.807) is 24.7 Å². The molecule has 2 bridgehead atoms. The van der Waals surface area contributed by atoms with Crippen LogP contribution in [-0.2, 0) is 0 Å². The molecule has 4 heterocycles. The van der Waals surface area contributed by atoms with E-state index < -0.39 is 0 Å². The molecule has 0 radical (unpaired) electrons. The van der Waals surface area contributed by atoms with Crippen LogP contribution in [-0.4, -0.2) is 43.9 Å². The van der Waals surface area contributed by atoms with Crippen LogP contribution in [0.2, 0.25) is 0 Å². The van der Waals surface area contributed by atoms with Gasteiger partial charge in [-0.3, -0.25) is 4.79 Å². The second-order valence-corrected chi connectivity index (χ2v) is 8.84. The lowest BCUT2D eigenvalue weighted by Gasteiger charge is -2.26. The summed E-state index contributed by atoms with van der Waals surface area (Å²) in [5, 5.41) is 3.54. The summed E-state index contributed by atoms with van der Waals surface area (Å²) >= 11 is 3.42. The maximum absolute atomic E-state index is 13.7. The SMILES string of the molecule is Cc1cccc(C(=O)N2[C@@H]3CC[C@H]2[C@H](Nc2ccc(Br)cn2)C3)c1-c1ncccn1. The number of pyridine rings is 1. The molecule has 3 atom stereocenters. The highest BCUT2D eigenvalue weighted by atomic mass is 79.9. The van der Waals surface area contributed by atoms with Crippen LogP contribution in [0.5, 0.6) is 0 Å². The number of anilines is 1. The molecule has 6 nitrogen and oxygen atoms in total. The molecule has 2 fully saturated rings. The van der Waals surface area contributed by atoms with E-state index in [-0.39, 0.29) is 24.0 Å². The summed E-state index contributed by atoms with van der Waals surface area (Å²) in [7, 11) is 0. The predicted octanol–water partition coefficient (Wildman–Crippen LogP) is 4.47. The van der Waals surface area contributed by atoms with Crippen molar-refractivity contribution in [3.05, 3.63) is 70.6 Å². The number of aromatic nitrogens is 3. The zero-order valence-electron chi connectivity index (χ0n) is 16.6. The van der Waals surface area contributed by atoms with Crippen molar-refractivity contribution in [2.75, 3.05) is 5.32 Å². The zero-order chi connectivity index (χ0) is 20.7. The van der Waals surface area contributed by atoms with Crippen molar-refractivity contribution in [1.29, 1.82) is 0 Å². The van der Waals surface area contributed by atoms with Gasteiger partial charge in [0, 0.05) is 40.7 Å². The molecular formula is C23H22BrN5O. The Hall–Kier alpha value is -2.80. The van der Waals surface area contributed by atoms with Crippen LogP contribution < -0.4 is 5.32 Å². The molecule has 1 aromatic carbocycles. The smallest absolute Gasteiger partial charge is 0.255 e. The van der Waals surface area contributed by atoms with Gasteiger partial charge in [0.1, 0.15) is 5.82 Å². The summed E-state index contributed by atoms with van der Waals surface area (Å²) in [5.41, 5.74) is 2.52. The highest BCUT2D eigenvalue weighted by Gasteiger charge is 2.49. The minimum atomic E-state index is 0.0710. The van der Waals surface area contributed by atoms with Crippen molar-refractivity contribution < 1.29 is 4.79 Å². The van der Waals surface area contributed by atoms with Crippen LogP contribution in [0.3, 0.4) is 0 Å². The Morgan fingerprint density at radius 3 is 2.70 bits per heavy atom. The van der Waals surface area contributed by atoms with Gasteiger partial charge in [0.05, 0.1) is 11.6 Å². The zero-order valence-corrected chi connectivity index (χ0v) is 18.2. The monoisotopic (exact) mass is 463 g/mol. The molecule has 5 rings (SSSR count). The quantitative estimate of drug-likeness (QED) is 0.617. The average molecular weight is 464 g/mol. The lowest BCUT2D eigenvalue weighted by atomic mass is 9.95. The van der Waals surface area contributed by atoms with Gasteiger partial charge >= 0.3 is 0 Å². The maximum atomic E-state index is 13.7. The Morgan fingerprint density at radius 2 is 1.93 bits per heavy atom. The minimum Gasteiger partial charge on any atom is -0.365 e. The number of fused-ring (bicyclic) bond motifs is 2. The molecule has 2 aromatic heterocycles. The maximum Gasteiger partial charge on any atom is 0.255 e. The van der Waals surface area contributed by atoms with Crippen molar-refractivity contribution in [1.82, 2.24) is 19.9 Å². The van der Waals surface area contributed by atoms with Crippen molar-refractivity contribution >= 4 is 27.7 Å². The number of carbonyl (C=O) groups excluding carboxylic acids is 1. The molecule has 0 spiro atoms. The van der Waals surface area contributed by atoms with E-state index >= 15 is 0 Å². The number of aryl methyl sites for hydroxylation is 1. The topological polar surface area (TPSA) is 71.0 Å². The van der Waals surface area contributed by atoms with E-state index in [9.17, 15) is 4.79 Å². The van der Waals surface area contributed by atoms with Gasteiger partial charge in [0.15, 0.2) is 5.82 Å². The lowest BCUT2D eigenvalue weighted by Crippen LogP contribution is -2.40. The van der Waals surface area contributed by atoms with Gasteiger partial charge in [0.25, 0.3) is 5.91 Å². The van der Waals surface area contributed by atoms with Crippen LogP contribution >= 0.6 is 15.9 Å². The van der Waals surface area contributed by atoms with Gasteiger partial charge in [-0.25, -0.2) is 15.0 Å². The standard InChI is InChI=1S/C23H22BrN5O/c1-14-4-2-5-17(21(14)22-25-10-3-11-26-22)23(30)29-16-7-8-19(29)18(12-16)28-20-9-6-15(24)13-27-20/h2-6,9-11,13,16,18-19H,7-8,12H2,1H3,(H,27,28)/t16-,18-,19+/m1/s1. The van der Waals surface area contributed by atoms with Crippen molar-refractivity contribution in [3.8, 4) is 11.4 Å². The van der Waals surface area contributed by atoms with E-state index in [4.69, 9.17) is 0 Å². The lowest BCUT2D eigenvalue weighted by molar-refractivity contribution is 0.0728. The molecular weight excluding hydrogens is 442 g/mol. The van der Waals surface area contributed by atoms with E-state index in [2.05, 4.69) is 41.1 Å². The Balaban J connectivity index is 1.44. The number of nitrogens with zero attached hydrogens (tertiary/aromatic N) is 4. The Morgan fingerprint density at radius 1 is 1.10 bits per heavy atom. The summed E-state index contributed by atoms with van der Waals surface area (Å²) in [5.74, 6) is 1.51. The van der Waals surface area contributed by atoms with Crippen molar-refractivity contribution in [2.24, 2.45) is 0 Å². The first-order valence-corrected chi connectivity index (χ1v) is 11.0. The Bertz CT molecular complexity index is 1070. The molecule has 3 aromatic rings. The number of rotatable bonds is 4.